The Kier molecular flexibility index (Phi) is 5.71. The Bertz CT molecular complexity index is 138. The van der Waals surface area contributed by atoms with Crippen molar-refractivity contribution in [3.8, 4) is 0 Å². The monoisotopic (exact) mass is 157 g/mol. The number of nitrogens with zero attached hydrogens (tertiary/aromatic N) is 1. The van der Waals surface area contributed by atoms with Crippen LogP contribution in [0.15, 0.2) is 17.4 Å². The van der Waals surface area contributed by atoms with Crippen LogP contribution in [0.25, 0.3) is 0 Å². The van der Waals surface area contributed by atoms with Crippen molar-refractivity contribution in [2.45, 2.75) is 26.7 Å². The summed E-state index contributed by atoms with van der Waals surface area (Å²) in [5, 5.41) is 0. The molecule has 0 aliphatic carbocycles. The van der Waals surface area contributed by atoms with Crippen LogP contribution in [-0.2, 0) is 0 Å². The lowest BCUT2D eigenvalue weighted by atomic mass is 10.1. The molecule has 0 aliphatic rings. The first kappa shape index (κ1) is 10.3. The molecular formula is C9H16FN. The first-order chi connectivity index (χ1) is 5.13. The molecule has 0 fully saturated rings. The van der Waals surface area contributed by atoms with E-state index in [0.717, 1.165) is 12.8 Å². The Morgan fingerprint density at radius 2 is 2.27 bits per heavy atom. The van der Waals surface area contributed by atoms with Gasteiger partial charge >= 0.3 is 0 Å². The second-order valence-electron chi connectivity index (χ2n) is 3.02. The molecule has 0 radical (unpaired) electrons. The van der Waals surface area contributed by atoms with Gasteiger partial charge in [0, 0.05) is 6.54 Å². The van der Waals surface area contributed by atoms with Crippen molar-refractivity contribution in [3.63, 3.8) is 0 Å². The predicted molar refractivity (Wildman–Crippen MR) is 47.7 cm³/mol. The second-order valence-corrected chi connectivity index (χ2v) is 3.02. The highest BCUT2D eigenvalue weighted by atomic mass is 19.1. The highest BCUT2D eigenvalue weighted by Gasteiger charge is 1.91. The van der Waals surface area contributed by atoms with Crippen molar-refractivity contribution in [1.29, 1.82) is 0 Å². The average molecular weight is 157 g/mol. The lowest BCUT2D eigenvalue weighted by molar-refractivity contribution is 0.561. The molecule has 0 N–H and O–H groups in total. The minimum atomic E-state index is -0.463. The van der Waals surface area contributed by atoms with Crippen molar-refractivity contribution in [2.75, 3.05) is 6.54 Å². The Labute approximate surface area is 68.0 Å². The fraction of sp³-hybridized carbons (Fsp3) is 0.667. The lowest BCUT2D eigenvalue weighted by Crippen LogP contribution is -1.89. The van der Waals surface area contributed by atoms with Gasteiger partial charge in [-0.15, -0.1) is 0 Å². The molecule has 0 rings (SSSR count). The maximum Gasteiger partial charge on any atom is 0.133 e. The summed E-state index contributed by atoms with van der Waals surface area (Å²) in [6, 6.07) is 0. The van der Waals surface area contributed by atoms with Gasteiger partial charge in [0.25, 0.3) is 0 Å². The van der Waals surface area contributed by atoms with Gasteiger partial charge in [0.2, 0.25) is 0 Å². The number of halogens is 1. The van der Waals surface area contributed by atoms with Gasteiger partial charge in [0.1, 0.15) is 5.83 Å². The standard InChI is InChI=1S/C9H16FN/c1-8(2)5-4-6-11-7-9(3)10/h7-8H,3-6H2,1-2H3/b11-7-. The molecule has 0 aromatic heterocycles. The van der Waals surface area contributed by atoms with E-state index in [1.807, 2.05) is 0 Å². The van der Waals surface area contributed by atoms with Gasteiger partial charge < -0.3 is 0 Å². The molecule has 0 unspecified atom stereocenters. The van der Waals surface area contributed by atoms with Crippen molar-refractivity contribution < 1.29 is 4.39 Å². The Morgan fingerprint density at radius 3 is 2.73 bits per heavy atom. The zero-order valence-electron chi connectivity index (χ0n) is 7.31. The zero-order valence-corrected chi connectivity index (χ0v) is 7.31. The summed E-state index contributed by atoms with van der Waals surface area (Å²) in [7, 11) is 0. The molecule has 0 saturated heterocycles. The van der Waals surface area contributed by atoms with Crippen molar-refractivity contribution in [1.82, 2.24) is 0 Å². The van der Waals surface area contributed by atoms with Crippen LogP contribution in [0.2, 0.25) is 0 Å². The van der Waals surface area contributed by atoms with E-state index in [1.165, 1.54) is 6.21 Å². The highest BCUT2D eigenvalue weighted by Crippen LogP contribution is 2.02. The summed E-state index contributed by atoms with van der Waals surface area (Å²) in [4.78, 5) is 3.84. The third kappa shape index (κ3) is 9.34. The molecule has 0 aliphatic heterocycles. The number of hydrogen-bond donors (Lipinski definition) is 0. The normalized spacial score (nSPS) is 11.3. The fourth-order valence-electron chi connectivity index (χ4n) is 0.754. The summed E-state index contributed by atoms with van der Waals surface area (Å²) >= 11 is 0. The number of aliphatic imine (C=N–C) groups is 1. The molecule has 0 bridgehead atoms. The minimum Gasteiger partial charge on any atom is -0.290 e. The summed E-state index contributed by atoms with van der Waals surface area (Å²) < 4.78 is 11.9. The summed E-state index contributed by atoms with van der Waals surface area (Å²) in [5.41, 5.74) is 0. The maximum atomic E-state index is 11.9. The van der Waals surface area contributed by atoms with Crippen LogP contribution in [0.4, 0.5) is 4.39 Å². The molecule has 0 spiro atoms. The highest BCUT2D eigenvalue weighted by molar-refractivity contribution is 5.74. The third-order valence-corrected chi connectivity index (χ3v) is 1.30. The molecule has 1 nitrogen and oxygen atoms in total. The molecule has 2 heteroatoms. The zero-order chi connectivity index (χ0) is 8.69. The number of rotatable bonds is 5. The van der Waals surface area contributed by atoms with Gasteiger partial charge in [0.15, 0.2) is 0 Å². The van der Waals surface area contributed by atoms with Gasteiger partial charge in [0.05, 0.1) is 6.21 Å². The molecule has 64 valence electrons. The van der Waals surface area contributed by atoms with E-state index in [0.29, 0.717) is 12.5 Å². The van der Waals surface area contributed by atoms with E-state index in [4.69, 9.17) is 0 Å². The van der Waals surface area contributed by atoms with Crippen LogP contribution < -0.4 is 0 Å². The fourth-order valence-corrected chi connectivity index (χ4v) is 0.754. The average Bonchev–Trinajstić information content (AvgIpc) is 1.85. The molecular weight excluding hydrogens is 141 g/mol. The molecule has 0 aromatic carbocycles. The van der Waals surface area contributed by atoms with Crippen molar-refractivity contribution in [3.05, 3.63) is 12.4 Å². The summed E-state index contributed by atoms with van der Waals surface area (Å²) in [6.45, 7) is 8.11. The largest absolute Gasteiger partial charge is 0.290 e. The van der Waals surface area contributed by atoms with E-state index < -0.39 is 5.83 Å². The Morgan fingerprint density at radius 1 is 1.64 bits per heavy atom. The molecule has 0 atom stereocenters. The topological polar surface area (TPSA) is 12.4 Å². The van der Waals surface area contributed by atoms with Crippen molar-refractivity contribution in [2.24, 2.45) is 10.9 Å². The number of allylic oxidation sites excluding steroid dienone is 1. The van der Waals surface area contributed by atoms with Crippen LogP contribution in [0.1, 0.15) is 26.7 Å². The van der Waals surface area contributed by atoms with Crippen LogP contribution in [0.3, 0.4) is 0 Å². The van der Waals surface area contributed by atoms with Crippen LogP contribution in [0.5, 0.6) is 0 Å². The van der Waals surface area contributed by atoms with Gasteiger partial charge in [-0.05, 0) is 18.8 Å². The molecule has 11 heavy (non-hydrogen) atoms. The lowest BCUT2D eigenvalue weighted by Gasteiger charge is -1.99. The van der Waals surface area contributed by atoms with E-state index >= 15 is 0 Å². The summed E-state index contributed by atoms with van der Waals surface area (Å²) in [5.74, 6) is 0.244. The smallest absolute Gasteiger partial charge is 0.133 e. The minimum absolute atomic E-state index is 0.463. The molecule has 0 aromatic rings. The quantitative estimate of drug-likeness (QED) is 0.429. The third-order valence-electron chi connectivity index (χ3n) is 1.30. The van der Waals surface area contributed by atoms with Gasteiger partial charge in [-0.2, -0.15) is 0 Å². The summed E-state index contributed by atoms with van der Waals surface area (Å²) in [6.07, 6.45) is 3.36. The van der Waals surface area contributed by atoms with Gasteiger partial charge in [-0.25, -0.2) is 4.39 Å². The molecule has 0 saturated carbocycles. The van der Waals surface area contributed by atoms with Gasteiger partial charge in [-0.3, -0.25) is 4.99 Å². The van der Waals surface area contributed by atoms with E-state index in [2.05, 4.69) is 25.4 Å². The second kappa shape index (κ2) is 6.08. The number of hydrogen-bond acceptors (Lipinski definition) is 1. The van der Waals surface area contributed by atoms with E-state index in [1.54, 1.807) is 0 Å². The molecule has 0 amide bonds. The van der Waals surface area contributed by atoms with Crippen LogP contribution in [-0.4, -0.2) is 12.8 Å². The van der Waals surface area contributed by atoms with Gasteiger partial charge in [-0.1, -0.05) is 20.4 Å². The first-order valence-electron chi connectivity index (χ1n) is 3.97. The SMILES string of the molecule is C=C(F)/C=N\CCCC(C)C. The Hall–Kier alpha value is -0.660. The van der Waals surface area contributed by atoms with Crippen LogP contribution >= 0.6 is 0 Å². The maximum absolute atomic E-state index is 11.9. The van der Waals surface area contributed by atoms with Crippen LogP contribution in [0, 0.1) is 5.92 Å². The first-order valence-corrected chi connectivity index (χ1v) is 3.97. The van der Waals surface area contributed by atoms with Crippen molar-refractivity contribution >= 4 is 6.21 Å². The van der Waals surface area contributed by atoms with E-state index in [-0.39, 0.29) is 0 Å². The molecule has 0 heterocycles. The predicted octanol–water partition coefficient (Wildman–Crippen LogP) is 2.98. The van der Waals surface area contributed by atoms with E-state index in [9.17, 15) is 4.39 Å². The Balaban J connectivity index is 3.21.